The summed E-state index contributed by atoms with van der Waals surface area (Å²) in [5.41, 5.74) is 0. The Kier molecular flexibility index (Phi) is 12.6. The zero-order chi connectivity index (χ0) is 13.1. The summed E-state index contributed by atoms with van der Waals surface area (Å²) >= 11 is 0. The number of Topliss-reactive ketones (excluding diaryl/α,β-unsaturated/α-hetero) is 1. The van der Waals surface area contributed by atoms with Crippen molar-refractivity contribution in [2.75, 3.05) is 0 Å². The summed E-state index contributed by atoms with van der Waals surface area (Å²) in [5, 5.41) is 0. The predicted octanol–water partition coefficient (Wildman–Crippen LogP) is 5.09. The first-order valence-electron chi connectivity index (χ1n) is 7.11. The first-order chi connectivity index (χ1) is 7.61. The lowest BCUT2D eigenvalue weighted by Crippen LogP contribution is -2.22. The highest BCUT2D eigenvalue weighted by Gasteiger charge is 2.25. The molecule has 0 heterocycles. The van der Waals surface area contributed by atoms with Gasteiger partial charge in [0.25, 0.3) is 0 Å². The van der Waals surface area contributed by atoms with Gasteiger partial charge in [-0.15, -0.1) is 0 Å². The van der Waals surface area contributed by atoms with E-state index in [1.807, 2.05) is 27.7 Å². The standard InChI is InChI=1S/C11H20O.2C2H6/c1-8(2)10-4-6-11(7-5-10)9(3)12;2*1-2/h8,10-11H,4-7H2,1-3H3;2*1-2H3. The van der Waals surface area contributed by atoms with Crippen molar-refractivity contribution in [1.82, 2.24) is 0 Å². The van der Waals surface area contributed by atoms with Crippen LogP contribution in [0.4, 0.5) is 0 Å². The van der Waals surface area contributed by atoms with E-state index in [-0.39, 0.29) is 0 Å². The van der Waals surface area contributed by atoms with Gasteiger partial charge in [-0.05, 0) is 44.4 Å². The smallest absolute Gasteiger partial charge is 0.132 e. The summed E-state index contributed by atoms with van der Waals surface area (Å²) < 4.78 is 0. The van der Waals surface area contributed by atoms with Crippen molar-refractivity contribution in [3.8, 4) is 0 Å². The van der Waals surface area contributed by atoms with E-state index in [9.17, 15) is 4.79 Å². The molecular formula is C15H32O. The molecule has 1 saturated carbocycles. The molecule has 0 bridgehead atoms. The molecule has 1 heteroatoms. The topological polar surface area (TPSA) is 17.1 Å². The van der Waals surface area contributed by atoms with Gasteiger partial charge in [-0.25, -0.2) is 0 Å². The molecule has 0 aromatic heterocycles. The highest BCUT2D eigenvalue weighted by Crippen LogP contribution is 2.33. The lowest BCUT2D eigenvalue weighted by molar-refractivity contribution is -0.122. The van der Waals surface area contributed by atoms with Crippen LogP contribution in [0.1, 0.15) is 74.1 Å². The van der Waals surface area contributed by atoms with Crippen molar-refractivity contribution in [1.29, 1.82) is 0 Å². The Hall–Kier alpha value is -0.330. The monoisotopic (exact) mass is 228 g/mol. The van der Waals surface area contributed by atoms with Crippen LogP contribution in [-0.2, 0) is 4.79 Å². The van der Waals surface area contributed by atoms with E-state index in [0.29, 0.717) is 11.7 Å². The van der Waals surface area contributed by atoms with Crippen LogP contribution in [0, 0.1) is 17.8 Å². The molecule has 16 heavy (non-hydrogen) atoms. The summed E-state index contributed by atoms with van der Waals surface area (Å²) in [6.45, 7) is 14.3. The number of rotatable bonds is 2. The largest absolute Gasteiger partial charge is 0.300 e. The average Bonchev–Trinajstić information content (AvgIpc) is 2.34. The van der Waals surface area contributed by atoms with Crippen molar-refractivity contribution in [3.63, 3.8) is 0 Å². The van der Waals surface area contributed by atoms with Crippen LogP contribution >= 0.6 is 0 Å². The molecule has 0 saturated heterocycles. The first-order valence-corrected chi connectivity index (χ1v) is 7.11. The van der Waals surface area contributed by atoms with Gasteiger partial charge in [0, 0.05) is 5.92 Å². The second-order valence-electron chi connectivity index (χ2n) is 4.47. The van der Waals surface area contributed by atoms with Gasteiger partial charge in [0.15, 0.2) is 0 Å². The van der Waals surface area contributed by atoms with Crippen LogP contribution in [0.2, 0.25) is 0 Å². The number of ketones is 1. The number of carbonyl (C=O) groups excluding carboxylic acids is 1. The van der Waals surface area contributed by atoms with Crippen LogP contribution in [0.3, 0.4) is 0 Å². The van der Waals surface area contributed by atoms with Crippen LogP contribution < -0.4 is 0 Å². The Balaban J connectivity index is 0. The number of carbonyl (C=O) groups is 1. The minimum absolute atomic E-state index is 0.389. The quantitative estimate of drug-likeness (QED) is 0.643. The summed E-state index contributed by atoms with van der Waals surface area (Å²) in [6.07, 6.45) is 4.81. The molecule has 1 nitrogen and oxygen atoms in total. The van der Waals surface area contributed by atoms with E-state index in [1.54, 1.807) is 6.92 Å². The molecule has 98 valence electrons. The number of hydrogen-bond donors (Lipinski definition) is 0. The molecule has 0 aromatic carbocycles. The maximum Gasteiger partial charge on any atom is 0.132 e. The fourth-order valence-electron chi connectivity index (χ4n) is 2.19. The maximum atomic E-state index is 11.1. The summed E-state index contributed by atoms with van der Waals surface area (Å²) in [5.74, 6) is 2.47. The van der Waals surface area contributed by atoms with Gasteiger partial charge in [-0.3, -0.25) is 4.79 Å². The molecular weight excluding hydrogens is 196 g/mol. The molecule has 1 rings (SSSR count). The second-order valence-corrected chi connectivity index (χ2v) is 4.47. The summed E-state index contributed by atoms with van der Waals surface area (Å²) in [7, 11) is 0. The van der Waals surface area contributed by atoms with E-state index < -0.39 is 0 Å². The third kappa shape index (κ3) is 7.03. The minimum atomic E-state index is 0.389. The van der Waals surface area contributed by atoms with Gasteiger partial charge in [-0.1, -0.05) is 41.5 Å². The molecule has 0 spiro atoms. The van der Waals surface area contributed by atoms with Crippen LogP contribution in [0.15, 0.2) is 0 Å². The Bertz CT molecular complexity index is 153. The fraction of sp³-hybridized carbons (Fsp3) is 0.933. The molecule has 0 aromatic rings. The van der Waals surface area contributed by atoms with Gasteiger partial charge in [-0.2, -0.15) is 0 Å². The average molecular weight is 228 g/mol. The van der Waals surface area contributed by atoms with Crippen molar-refractivity contribution < 1.29 is 4.79 Å². The summed E-state index contributed by atoms with van der Waals surface area (Å²) in [6, 6.07) is 0. The van der Waals surface area contributed by atoms with Crippen LogP contribution in [0.5, 0.6) is 0 Å². The zero-order valence-electron chi connectivity index (χ0n) is 12.5. The van der Waals surface area contributed by atoms with Crippen LogP contribution in [-0.4, -0.2) is 5.78 Å². The Morgan fingerprint density at radius 2 is 1.31 bits per heavy atom. The molecule has 1 fully saturated rings. The maximum absolute atomic E-state index is 11.1. The highest BCUT2D eigenvalue weighted by atomic mass is 16.1. The lowest BCUT2D eigenvalue weighted by Gasteiger charge is -2.29. The third-order valence-electron chi connectivity index (χ3n) is 3.29. The third-order valence-corrected chi connectivity index (χ3v) is 3.29. The van der Waals surface area contributed by atoms with Crippen molar-refractivity contribution in [2.24, 2.45) is 17.8 Å². The molecule has 0 amide bonds. The first kappa shape index (κ1) is 18.0. The molecule has 0 unspecified atom stereocenters. The van der Waals surface area contributed by atoms with Crippen molar-refractivity contribution in [2.45, 2.75) is 74.1 Å². The second kappa shape index (κ2) is 11.2. The molecule has 0 N–H and O–H groups in total. The molecule has 0 atom stereocenters. The van der Waals surface area contributed by atoms with Crippen molar-refractivity contribution >= 4 is 5.78 Å². The Morgan fingerprint density at radius 3 is 1.56 bits per heavy atom. The van der Waals surface area contributed by atoms with Gasteiger partial charge in [0.05, 0.1) is 0 Å². The Morgan fingerprint density at radius 1 is 0.938 bits per heavy atom. The Labute approximate surface area is 103 Å². The predicted molar refractivity (Wildman–Crippen MR) is 73.7 cm³/mol. The summed E-state index contributed by atoms with van der Waals surface area (Å²) in [4.78, 5) is 11.1. The van der Waals surface area contributed by atoms with E-state index >= 15 is 0 Å². The van der Waals surface area contributed by atoms with Crippen molar-refractivity contribution in [3.05, 3.63) is 0 Å². The van der Waals surface area contributed by atoms with Gasteiger partial charge >= 0.3 is 0 Å². The molecule has 1 aliphatic rings. The van der Waals surface area contributed by atoms with Gasteiger partial charge in [0.1, 0.15) is 5.78 Å². The molecule has 1 aliphatic carbocycles. The highest BCUT2D eigenvalue weighted by molar-refractivity contribution is 5.78. The number of hydrogen-bond acceptors (Lipinski definition) is 1. The minimum Gasteiger partial charge on any atom is -0.300 e. The van der Waals surface area contributed by atoms with E-state index in [0.717, 1.165) is 24.7 Å². The SMILES string of the molecule is CC.CC.CC(=O)C1CCC(C(C)C)CC1. The molecule has 0 radical (unpaired) electrons. The van der Waals surface area contributed by atoms with E-state index in [4.69, 9.17) is 0 Å². The zero-order valence-corrected chi connectivity index (χ0v) is 12.5. The normalized spacial score (nSPS) is 23.8. The van der Waals surface area contributed by atoms with Gasteiger partial charge in [0.2, 0.25) is 0 Å². The van der Waals surface area contributed by atoms with Crippen LogP contribution in [0.25, 0.3) is 0 Å². The molecule has 0 aliphatic heterocycles. The van der Waals surface area contributed by atoms with Gasteiger partial charge < -0.3 is 0 Å². The fourth-order valence-corrected chi connectivity index (χ4v) is 2.19. The van der Waals surface area contributed by atoms with E-state index in [2.05, 4.69) is 13.8 Å². The van der Waals surface area contributed by atoms with E-state index in [1.165, 1.54) is 12.8 Å². The lowest BCUT2D eigenvalue weighted by atomic mass is 9.76.